The van der Waals surface area contributed by atoms with E-state index in [1.165, 1.54) is 12.1 Å². The number of carbonyl (C=O) groups is 2. The molecule has 1 rings (SSSR count). The second-order valence-corrected chi connectivity index (χ2v) is 5.59. The molecule has 110 valence electrons. The summed E-state index contributed by atoms with van der Waals surface area (Å²) >= 11 is 3.12. The molecule has 0 radical (unpaired) electrons. The zero-order chi connectivity index (χ0) is 15.3. The van der Waals surface area contributed by atoms with Crippen LogP contribution >= 0.6 is 15.9 Å². The maximum absolute atomic E-state index is 13.6. The van der Waals surface area contributed by atoms with Gasteiger partial charge in [-0.2, -0.15) is 0 Å². The fourth-order valence-electron chi connectivity index (χ4n) is 1.56. The third kappa shape index (κ3) is 5.16. The highest BCUT2D eigenvalue weighted by Crippen LogP contribution is 2.19. The van der Waals surface area contributed by atoms with Gasteiger partial charge >= 0.3 is 12.0 Å². The summed E-state index contributed by atoms with van der Waals surface area (Å²) in [5, 5.41) is 13.7. The molecule has 5 nitrogen and oxygen atoms in total. The maximum Gasteiger partial charge on any atom is 0.319 e. The highest BCUT2D eigenvalue weighted by molar-refractivity contribution is 9.10. The van der Waals surface area contributed by atoms with Gasteiger partial charge in [-0.05, 0) is 24.1 Å². The van der Waals surface area contributed by atoms with E-state index < -0.39 is 23.9 Å². The van der Waals surface area contributed by atoms with Crippen molar-refractivity contribution in [3.63, 3.8) is 0 Å². The number of carboxylic acid groups (broad SMARTS) is 1. The number of nitrogens with one attached hydrogen (secondary N) is 2. The van der Waals surface area contributed by atoms with Crippen LogP contribution in [0, 0.1) is 11.7 Å². The zero-order valence-corrected chi connectivity index (χ0v) is 12.7. The highest BCUT2D eigenvalue weighted by atomic mass is 79.9. The fraction of sp³-hybridized carbons (Fsp3) is 0.385. The van der Waals surface area contributed by atoms with Crippen LogP contribution in [-0.2, 0) is 4.79 Å². The topological polar surface area (TPSA) is 78.4 Å². The first-order chi connectivity index (χ1) is 9.29. The molecule has 0 aromatic heterocycles. The van der Waals surface area contributed by atoms with Crippen molar-refractivity contribution in [2.24, 2.45) is 5.92 Å². The van der Waals surface area contributed by atoms with E-state index in [4.69, 9.17) is 5.11 Å². The SMILES string of the molecule is CC(C)C(CC(=O)O)NC(=O)Nc1ccc(Br)cc1F. The summed E-state index contributed by atoms with van der Waals surface area (Å²) in [6.07, 6.45) is -0.187. The van der Waals surface area contributed by atoms with Gasteiger partial charge in [0.2, 0.25) is 0 Å². The van der Waals surface area contributed by atoms with E-state index in [1.807, 2.05) is 0 Å². The lowest BCUT2D eigenvalue weighted by atomic mass is 10.0. The van der Waals surface area contributed by atoms with E-state index in [1.54, 1.807) is 19.9 Å². The fourth-order valence-corrected chi connectivity index (χ4v) is 1.89. The number of hydrogen-bond donors (Lipinski definition) is 3. The smallest absolute Gasteiger partial charge is 0.319 e. The predicted octanol–water partition coefficient (Wildman–Crippen LogP) is 3.21. The van der Waals surface area contributed by atoms with Crippen molar-refractivity contribution in [1.29, 1.82) is 0 Å². The maximum atomic E-state index is 13.6. The number of anilines is 1. The van der Waals surface area contributed by atoms with Gasteiger partial charge in [-0.25, -0.2) is 9.18 Å². The van der Waals surface area contributed by atoms with E-state index in [9.17, 15) is 14.0 Å². The molecule has 0 spiro atoms. The predicted molar refractivity (Wildman–Crippen MR) is 77.1 cm³/mol. The second-order valence-electron chi connectivity index (χ2n) is 4.67. The molecule has 1 unspecified atom stereocenters. The first-order valence-electron chi connectivity index (χ1n) is 6.04. The van der Waals surface area contributed by atoms with Crippen LogP contribution in [0.5, 0.6) is 0 Å². The normalized spacial score (nSPS) is 12.1. The molecule has 0 aliphatic carbocycles. The highest BCUT2D eigenvalue weighted by Gasteiger charge is 2.19. The first-order valence-corrected chi connectivity index (χ1v) is 6.83. The summed E-state index contributed by atoms with van der Waals surface area (Å²) in [6.45, 7) is 3.60. The van der Waals surface area contributed by atoms with Crippen LogP contribution in [0.4, 0.5) is 14.9 Å². The summed E-state index contributed by atoms with van der Waals surface area (Å²) in [5.41, 5.74) is 0.0310. The molecule has 0 fully saturated rings. The number of rotatable bonds is 5. The number of benzene rings is 1. The van der Waals surface area contributed by atoms with Crippen molar-refractivity contribution < 1.29 is 19.1 Å². The van der Waals surface area contributed by atoms with Gasteiger partial charge in [0.05, 0.1) is 12.1 Å². The monoisotopic (exact) mass is 346 g/mol. The molecule has 7 heteroatoms. The summed E-state index contributed by atoms with van der Waals surface area (Å²) in [4.78, 5) is 22.5. The van der Waals surface area contributed by atoms with Crippen molar-refractivity contribution in [2.75, 3.05) is 5.32 Å². The molecule has 0 bridgehead atoms. The number of aliphatic carboxylic acids is 1. The van der Waals surface area contributed by atoms with Crippen molar-refractivity contribution in [1.82, 2.24) is 5.32 Å². The lowest BCUT2D eigenvalue weighted by molar-refractivity contribution is -0.137. The van der Waals surface area contributed by atoms with E-state index in [-0.39, 0.29) is 18.0 Å². The van der Waals surface area contributed by atoms with Gasteiger partial charge < -0.3 is 15.7 Å². The van der Waals surface area contributed by atoms with Crippen molar-refractivity contribution >= 4 is 33.6 Å². The Balaban J connectivity index is 2.68. The van der Waals surface area contributed by atoms with Gasteiger partial charge in [0.1, 0.15) is 5.82 Å². The minimum Gasteiger partial charge on any atom is -0.481 e. The molecule has 0 saturated carbocycles. The molecule has 1 aromatic carbocycles. The Kier molecular flexibility index (Phi) is 5.94. The Morgan fingerprint density at radius 3 is 2.55 bits per heavy atom. The van der Waals surface area contributed by atoms with E-state index in [0.717, 1.165) is 0 Å². The summed E-state index contributed by atoms with van der Waals surface area (Å²) < 4.78 is 14.1. The summed E-state index contributed by atoms with van der Waals surface area (Å²) in [6, 6.07) is 3.08. The van der Waals surface area contributed by atoms with Crippen LogP contribution in [0.25, 0.3) is 0 Å². The summed E-state index contributed by atoms with van der Waals surface area (Å²) in [5.74, 6) is -1.63. The Morgan fingerprint density at radius 1 is 1.40 bits per heavy atom. The second kappa shape index (κ2) is 7.23. The Morgan fingerprint density at radius 2 is 2.05 bits per heavy atom. The molecular weight excluding hydrogens is 331 g/mol. The first kappa shape index (κ1) is 16.4. The van der Waals surface area contributed by atoms with Gasteiger partial charge in [-0.3, -0.25) is 4.79 Å². The van der Waals surface area contributed by atoms with Crippen molar-refractivity contribution in [3.05, 3.63) is 28.5 Å². The third-order valence-electron chi connectivity index (χ3n) is 2.70. The Bertz CT molecular complexity index is 508. The molecule has 1 atom stereocenters. The number of urea groups is 1. The molecule has 0 aliphatic heterocycles. The average Bonchev–Trinajstić information content (AvgIpc) is 2.31. The standard InChI is InChI=1S/C13H16BrFN2O3/c1-7(2)11(6-12(18)19)17-13(20)16-10-4-3-8(14)5-9(10)15/h3-5,7,11H,6H2,1-2H3,(H,18,19)(H2,16,17,20). The number of amides is 2. The molecule has 2 amide bonds. The average molecular weight is 347 g/mol. The van der Waals surface area contributed by atoms with Crippen LogP contribution in [-0.4, -0.2) is 23.1 Å². The molecule has 3 N–H and O–H groups in total. The Hall–Kier alpha value is -1.63. The molecule has 20 heavy (non-hydrogen) atoms. The van der Waals surface area contributed by atoms with E-state index in [0.29, 0.717) is 4.47 Å². The summed E-state index contributed by atoms with van der Waals surface area (Å²) in [7, 11) is 0. The van der Waals surface area contributed by atoms with Crippen LogP contribution in [0.2, 0.25) is 0 Å². The number of hydrogen-bond acceptors (Lipinski definition) is 2. The molecule has 0 heterocycles. The number of carbonyl (C=O) groups excluding carboxylic acids is 1. The zero-order valence-electron chi connectivity index (χ0n) is 11.1. The third-order valence-corrected chi connectivity index (χ3v) is 3.19. The molecular formula is C13H16BrFN2O3. The van der Waals surface area contributed by atoms with Crippen LogP contribution in [0.3, 0.4) is 0 Å². The molecule has 1 aromatic rings. The van der Waals surface area contributed by atoms with Gasteiger partial charge in [0, 0.05) is 10.5 Å². The van der Waals surface area contributed by atoms with E-state index >= 15 is 0 Å². The van der Waals surface area contributed by atoms with Gasteiger partial charge in [0.15, 0.2) is 0 Å². The lowest BCUT2D eigenvalue weighted by Crippen LogP contribution is -2.42. The minimum absolute atomic E-state index is 0.0310. The largest absolute Gasteiger partial charge is 0.481 e. The van der Waals surface area contributed by atoms with Gasteiger partial charge in [-0.1, -0.05) is 29.8 Å². The quantitative estimate of drug-likeness (QED) is 0.765. The molecule has 0 saturated heterocycles. The minimum atomic E-state index is -1.00. The van der Waals surface area contributed by atoms with Crippen LogP contribution in [0.15, 0.2) is 22.7 Å². The number of carboxylic acids is 1. The van der Waals surface area contributed by atoms with Gasteiger partial charge in [0.25, 0.3) is 0 Å². The number of halogens is 2. The van der Waals surface area contributed by atoms with Crippen molar-refractivity contribution in [3.8, 4) is 0 Å². The van der Waals surface area contributed by atoms with Crippen molar-refractivity contribution in [2.45, 2.75) is 26.3 Å². The van der Waals surface area contributed by atoms with E-state index in [2.05, 4.69) is 26.6 Å². The van der Waals surface area contributed by atoms with Crippen LogP contribution < -0.4 is 10.6 Å². The van der Waals surface area contributed by atoms with Crippen LogP contribution in [0.1, 0.15) is 20.3 Å². The molecule has 0 aliphatic rings. The van der Waals surface area contributed by atoms with Gasteiger partial charge in [-0.15, -0.1) is 0 Å². The lowest BCUT2D eigenvalue weighted by Gasteiger charge is -2.21. The Labute approximate surface area is 124 Å².